The second kappa shape index (κ2) is 10.6. The smallest absolute Gasteiger partial charge is 0.273 e. The number of amides is 1. The summed E-state index contributed by atoms with van der Waals surface area (Å²) in [5.41, 5.74) is 2.55. The number of nitrogens with zero attached hydrogens (tertiary/aromatic N) is 1. The zero-order valence-electron chi connectivity index (χ0n) is 14.6. The molecule has 27 heavy (non-hydrogen) atoms. The third-order valence-corrected chi connectivity index (χ3v) is 4.47. The molecular formula is C19H17Br3N2O3. The SMILES string of the molecule is CNC(=O)/C(=N/OC)c1ccccc1COc1cc(Br)ccc1C=C(Br)Br. The van der Waals surface area contributed by atoms with Crippen LogP contribution in [0.25, 0.3) is 6.08 Å². The van der Waals surface area contributed by atoms with E-state index in [4.69, 9.17) is 9.57 Å². The first-order valence-corrected chi connectivity index (χ1v) is 10.2. The first-order chi connectivity index (χ1) is 13.0. The van der Waals surface area contributed by atoms with Gasteiger partial charge in [0, 0.05) is 22.6 Å². The molecule has 0 atom stereocenters. The molecule has 0 spiro atoms. The maximum atomic E-state index is 12.2. The number of hydrogen-bond acceptors (Lipinski definition) is 4. The lowest BCUT2D eigenvalue weighted by Gasteiger charge is -2.14. The van der Waals surface area contributed by atoms with Crippen LogP contribution in [0.1, 0.15) is 16.7 Å². The number of hydrogen-bond donors (Lipinski definition) is 1. The molecule has 5 nitrogen and oxygen atoms in total. The van der Waals surface area contributed by atoms with Crippen molar-refractivity contribution >= 4 is 65.5 Å². The van der Waals surface area contributed by atoms with Crippen molar-refractivity contribution in [3.05, 3.63) is 67.0 Å². The van der Waals surface area contributed by atoms with E-state index in [1.54, 1.807) is 7.05 Å². The van der Waals surface area contributed by atoms with Crippen LogP contribution in [0.3, 0.4) is 0 Å². The number of carbonyl (C=O) groups excluding carboxylic acids is 1. The molecule has 142 valence electrons. The minimum absolute atomic E-state index is 0.191. The fraction of sp³-hybridized carbons (Fsp3) is 0.158. The largest absolute Gasteiger partial charge is 0.488 e. The van der Waals surface area contributed by atoms with Gasteiger partial charge in [0.05, 0.1) is 3.39 Å². The second-order valence-electron chi connectivity index (χ2n) is 5.26. The van der Waals surface area contributed by atoms with Gasteiger partial charge in [-0.2, -0.15) is 0 Å². The van der Waals surface area contributed by atoms with Crippen LogP contribution in [0.2, 0.25) is 0 Å². The molecule has 0 radical (unpaired) electrons. The molecule has 2 rings (SSSR count). The molecule has 0 aliphatic rings. The van der Waals surface area contributed by atoms with Crippen molar-refractivity contribution in [2.45, 2.75) is 6.61 Å². The Balaban J connectivity index is 2.35. The van der Waals surface area contributed by atoms with Crippen LogP contribution in [-0.2, 0) is 16.2 Å². The summed E-state index contributed by atoms with van der Waals surface area (Å²) in [6, 6.07) is 13.2. The van der Waals surface area contributed by atoms with Crippen LogP contribution < -0.4 is 10.1 Å². The summed E-state index contributed by atoms with van der Waals surface area (Å²) in [5, 5.41) is 6.44. The molecule has 0 bridgehead atoms. The molecule has 1 amide bonds. The molecule has 2 aromatic rings. The Morgan fingerprint density at radius 3 is 2.63 bits per heavy atom. The van der Waals surface area contributed by atoms with E-state index in [2.05, 4.69) is 58.3 Å². The lowest BCUT2D eigenvalue weighted by atomic mass is 10.0. The summed E-state index contributed by atoms with van der Waals surface area (Å²) in [5.74, 6) is 0.361. The Bertz CT molecular complexity index is 878. The highest BCUT2D eigenvalue weighted by Gasteiger charge is 2.17. The molecule has 0 aromatic heterocycles. The number of halogens is 3. The van der Waals surface area contributed by atoms with Gasteiger partial charge in [-0.15, -0.1) is 0 Å². The fourth-order valence-electron chi connectivity index (χ4n) is 2.33. The number of likely N-dealkylation sites (N-methyl/N-ethyl adjacent to an activating group) is 1. The van der Waals surface area contributed by atoms with Crippen molar-refractivity contribution in [1.82, 2.24) is 5.32 Å². The van der Waals surface area contributed by atoms with Gasteiger partial charge in [0.1, 0.15) is 19.5 Å². The van der Waals surface area contributed by atoms with E-state index in [-0.39, 0.29) is 18.2 Å². The van der Waals surface area contributed by atoms with Crippen molar-refractivity contribution in [3.8, 4) is 5.75 Å². The highest BCUT2D eigenvalue weighted by Crippen LogP contribution is 2.29. The maximum Gasteiger partial charge on any atom is 0.273 e. The summed E-state index contributed by atoms with van der Waals surface area (Å²) in [6.07, 6.45) is 1.90. The van der Waals surface area contributed by atoms with Gasteiger partial charge in [-0.05, 0) is 55.6 Å². The second-order valence-corrected chi connectivity index (χ2v) is 8.95. The van der Waals surface area contributed by atoms with Crippen molar-refractivity contribution < 1.29 is 14.4 Å². The van der Waals surface area contributed by atoms with Crippen molar-refractivity contribution in [3.63, 3.8) is 0 Å². The number of benzene rings is 2. The average molecular weight is 561 g/mol. The zero-order valence-corrected chi connectivity index (χ0v) is 19.4. The summed E-state index contributed by atoms with van der Waals surface area (Å²) in [6.45, 7) is 0.257. The predicted molar refractivity (Wildman–Crippen MR) is 118 cm³/mol. The highest BCUT2D eigenvalue weighted by molar-refractivity contribution is 9.28. The summed E-state index contributed by atoms with van der Waals surface area (Å²) < 4.78 is 7.75. The van der Waals surface area contributed by atoms with Crippen molar-refractivity contribution in [2.24, 2.45) is 5.16 Å². The number of oxime groups is 1. The normalized spacial score (nSPS) is 10.9. The van der Waals surface area contributed by atoms with Gasteiger partial charge in [-0.3, -0.25) is 4.79 Å². The summed E-state index contributed by atoms with van der Waals surface area (Å²) >= 11 is 10.2. The molecule has 0 heterocycles. The molecule has 0 saturated heterocycles. The number of carbonyl (C=O) groups is 1. The van der Waals surface area contributed by atoms with Crippen LogP contribution in [0, 0.1) is 0 Å². The third-order valence-electron chi connectivity index (χ3n) is 3.52. The Morgan fingerprint density at radius 2 is 1.96 bits per heavy atom. The van der Waals surface area contributed by atoms with Gasteiger partial charge < -0.3 is 14.9 Å². The van der Waals surface area contributed by atoms with E-state index in [0.717, 1.165) is 19.0 Å². The minimum atomic E-state index is -0.335. The number of nitrogens with one attached hydrogen (secondary N) is 1. The Kier molecular flexibility index (Phi) is 8.53. The molecule has 0 unspecified atom stereocenters. The summed E-state index contributed by atoms with van der Waals surface area (Å²) in [7, 11) is 2.95. The lowest BCUT2D eigenvalue weighted by Crippen LogP contribution is -2.29. The van der Waals surface area contributed by atoms with E-state index in [1.807, 2.05) is 48.5 Å². The van der Waals surface area contributed by atoms with Crippen LogP contribution in [0.5, 0.6) is 5.75 Å². The van der Waals surface area contributed by atoms with Gasteiger partial charge in [0.2, 0.25) is 0 Å². The average Bonchev–Trinajstić information content (AvgIpc) is 2.65. The van der Waals surface area contributed by atoms with Gasteiger partial charge in [-0.25, -0.2) is 0 Å². The predicted octanol–water partition coefficient (Wildman–Crippen LogP) is 5.21. The van der Waals surface area contributed by atoms with Crippen LogP contribution in [0.4, 0.5) is 0 Å². The lowest BCUT2D eigenvalue weighted by molar-refractivity contribution is -0.114. The van der Waals surface area contributed by atoms with Crippen molar-refractivity contribution in [2.75, 3.05) is 14.2 Å². The number of ether oxygens (including phenoxy) is 1. The molecular weight excluding hydrogens is 544 g/mol. The maximum absolute atomic E-state index is 12.2. The first kappa shape index (κ1) is 21.7. The highest BCUT2D eigenvalue weighted by atomic mass is 79.9. The Hall–Kier alpha value is -1.64. The monoisotopic (exact) mass is 558 g/mol. The van der Waals surface area contributed by atoms with E-state index >= 15 is 0 Å². The van der Waals surface area contributed by atoms with Crippen LogP contribution in [-0.4, -0.2) is 25.8 Å². The molecule has 8 heteroatoms. The fourth-order valence-corrected chi connectivity index (χ4v) is 3.16. The standard InChI is InChI=1S/C19H17Br3N2O3/c1-23-19(25)18(24-26-2)15-6-4-3-5-13(15)11-27-16-10-14(20)8-7-12(16)9-17(21)22/h3-10H,11H2,1-2H3,(H,23,25)/b24-18+. The Morgan fingerprint density at radius 1 is 1.22 bits per heavy atom. The topological polar surface area (TPSA) is 59.9 Å². The van der Waals surface area contributed by atoms with Crippen LogP contribution in [0.15, 0.2) is 55.5 Å². The summed E-state index contributed by atoms with van der Waals surface area (Å²) in [4.78, 5) is 17.0. The van der Waals surface area contributed by atoms with Crippen LogP contribution >= 0.6 is 47.8 Å². The van der Waals surface area contributed by atoms with Gasteiger partial charge >= 0.3 is 0 Å². The van der Waals surface area contributed by atoms with Gasteiger partial charge in [0.15, 0.2) is 5.71 Å². The van der Waals surface area contributed by atoms with E-state index in [1.165, 1.54) is 7.11 Å². The number of rotatable bonds is 7. The van der Waals surface area contributed by atoms with Gasteiger partial charge in [-0.1, -0.05) is 51.4 Å². The molecule has 1 N–H and O–H groups in total. The van der Waals surface area contributed by atoms with E-state index in [0.29, 0.717) is 11.3 Å². The quantitative estimate of drug-likeness (QED) is 0.373. The van der Waals surface area contributed by atoms with E-state index < -0.39 is 0 Å². The minimum Gasteiger partial charge on any atom is -0.488 e. The molecule has 0 saturated carbocycles. The zero-order chi connectivity index (χ0) is 19.8. The molecule has 0 fully saturated rings. The molecule has 2 aromatic carbocycles. The third kappa shape index (κ3) is 6.19. The van der Waals surface area contributed by atoms with E-state index in [9.17, 15) is 4.79 Å². The molecule has 0 aliphatic heterocycles. The first-order valence-electron chi connectivity index (χ1n) is 7.82. The van der Waals surface area contributed by atoms with Gasteiger partial charge in [0.25, 0.3) is 5.91 Å². The Labute approximate surface area is 183 Å². The molecule has 0 aliphatic carbocycles. The van der Waals surface area contributed by atoms with Crippen molar-refractivity contribution in [1.29, 1.82) is 0 Å².